The number of anilines is 1. The molecule has 122 valence electrons. The summed E-state index contributed by atoms with van der Waals surface area (Å²) in [6, 6.07) is 6.74. The van der Waals surface area contributed by atoms with E-state index < -0.39 is 0 Å². The number of hydrogen-bond donors (Lipinski definition) is 1. The molecule has 5 nitrogen and oxygen atoms in total. The quantitative estimate of drug-likeness (QED) is 0.882. The summed E-state index contributed by atoms with van der Waals surface area (Å²) in [4.78, 5) is 13.9. The lowest BCUT2D eigenvalue weighted by atomic mass is 10.1. The van der Waals surface area contributed by atoms with Crippen LogP contribution in [0.4, 0.5) is 14.9 Å². The van der Waals surface area contributed by atoms with Gasteiger partial charge >= 0.3 is 6.03 Å². The predicted octanol–water partition coefficient (Wildman–Crippen LogP) is 2.80. The van der Waals surface area contributed by atoms with Crippen molar-refractivity contribution >= 4 is 11.7 Å². The molecule has 6 heteroatoms. The summed E-state index contributed by atoms with van der Waals surface area (Å²) < 4.78 is 15.6. The molecule has 1 aromatic heterocycles. The Kier molecular flexibility index (Phi) is 4.32. The minimum atomic E-state index is -0.234. The average Bonchev–Trinajstić information content (AvgIpc) is 3.08. The first-order chi connectivity index (χ1) is 11.1. The number of halogens is 1. The normalized spacial score (nSPS) is 13.3. The summed E-state index contributed by atoms with van der Waals surface area (Å²) >= 11 is 0. The lowest BCUT2D eigenvalue weighted by Gasteiger charge is -2.18. The number of aromatic nitrogens is 2. The van der Waals surface area contributed by atoms with Crippen LogP contribution in [-0.4, -0.2) is 28.9 Å². The van der Waals surface area contributed by atoms with Crippen LogP contribution in [0.15, 0.2) is 24.3 Å². The maximum Gasteiger partial charge on any atom is 0.321 e. The third-order valence-corrected chi connectivity index (χ3v) is 4.14. The maximum atomic E-state index is 13.7. The zero-order valence-corrected chi connectivity index (χ0v) is 13.5. The average molecular weight is 316 g/mol. The van der Waals surface area contributed by atoms with E-state index in [4.69, 9.17) is 0 Å². The van der Waals surface area contributed by atoms with E-state index in [0.717, 1.165) is 24.4 Å². The van der Waals surface area contributed by atoms with Crippen LogP contribution in [0, 0.1) is 19.7 Å². The molecular formula is C17H21FN4O. The van der Waals surface area contributed by atoms with E-state index in [9.17, 15) is 9.18 Å². The molecule has 0 saturated heterocycles. The Morgan fingerprint density at radius 3 is 2.96 bits per heavy atom. The summed E-state index contributed by atoms with van der Waals surface area (Å²) in [5.41, 5.74) is 3.44. The van der Waals surface area contributed by atoms with E-state index >= 15 is 0 Å². The molecule has 3 rings (SSSR count). The van der Waals surface area contributed by atoms with E-state index in [2.05, 4.69) is 10.4 Å². The number of aryl methyl sites for hydroxylation is 3. The van der Waals surface area contributed by atoms with Crippen LogP contribution >= 0.6 is 0 Å². The molecule has 0 spiro atoms. The molecule has 2 heterocycles. The van der Waals surface area contributed by atoms with Crippen LogP contribution in [-0.2, 0) is 13.0 Å². The monoisotopic (exact) mass is 316 g/mol. The maximum absolute atomic E-state index is 13.7. The number of rotatable bonds is 4. The fourth-order valence-corrected chi connectivity index (χ4v) is 3.02. The largest absolute Gasteiger partial charge is 0.338 e. The molecule has 0 atom stereocenters. The van der Waals surface area contributed by atoms with Gasteiger partial charge in [-0.2, -0.15) is 5.10 Å². The Morgan fingerprint density at radius 1 is 1.39 bits per heavy atom. The SMILES string of the molecule is Cc1cc(C)n(CCCNC(=O)N2CCc3c(F)cccc32)n1. The molecule has 0 radical (unpaired) electrons. The first kappa shape index (κ1) is 15.5. The van der Waals surface area contributed by atoms with Gasteiger partial charge in [-0.05, 0) is 44.9 Å². The first-order valence-electron chi connectivity index (χ1n) is 7.90. The van der Waals surface area contributed by atoms with Crippen molar-refractivity contribution in [1.29, 1.82) is 0 Å². The van der Waals surface area contributed by atoms with E-state index in [1.54, 1.807) is 17.0 Å². The van der Waals surface area contributed by atoms with Gasteiger partial charge in [0.15, 0.2) is 0 Å². The van der Waals surface area contributed by atoms with Crippen molar-refractivity contribution in [2.75, 3.05) is 18.0 Å². The highest BCUT2D eigenvalue weighted by Gasteiger charge is 2.26. The Labute approximate surface area is 135 Å². The number of benzene rings is 1. The standard InChI is InChI=1S/C17H21FN4O/c1-12-11-13(2)22(20-12)9-4-8-19-17(23)21-10-7-14-15(18)5-3-6-16(14)21/h3,5-6,11H,4,7-10H2,1-2H3,(H,19,23). The molecular weight excluding hydrogens is 295 g/mol. The molecule has 1 N–H and O–H groups in total. The number of nitrogens with zero attached hydrogens (tertiary/aromatic N) is 3. The number of hydrogen-bond acceptors (Lipinski definition) is 2. The highest BCUT2D eigenvalue weighted by molar-refractivity contribution is 5.94. The van der Waals surface area contributed by atoms with Crippen molar-refractivity contribution in [2.24, 2.45) is 0 Å². The van der Waals surface area contributed by atoms with Gasteiger partial charge in [-0.15, -0.1) is 0 Å². The smallest absolute Gasteiger partial charge is 0.321 e. The van der Waals surface area contributed by atoms with Gasteiger partial charge in [-0.25, -0.2) is 9.18 Å². The van der Waals surface area contributed by atoms with Crippen LogP contribution in [0.1, 0.15) is 23.4 Å². The van der Waals surface area contributed by atoms with Gasteiger partial charge < -0.3 is 5.32 Å². The molecule has 0 fully saturated rings. The van der Waals surface area contributed by atoms with Gasteiger partial charge in [-0.3, -0.25) is 9.58 Å². The Morgan fingerprint density at radius 2 is 2.22 bits per heavy atom. The Bertz CT molecular complexity index is 725. The third kappa shape index (κ3) is 3.21. The van der Waals surface area contributed by atoms with Crippen molar-refractivity contribution < 1.29 is 9.18 Å². The van der Waals surface area contributed by atoms with Crippen molar-refractivity contribution in [3.05, 3.63) is 47.0 Å². The number of fused-ring (bicyclic) bond motifs is 1. The number of carbonyl (C=O) groups excluding carboxylic acids is 1. The second-order valence-corrected chi connectivity index (χ2v) is 5.87. The van der Waals surface area contributed by atoms with Crippen LogP contribution in [0.5, 0.6) is 0 Å². The van der Waals surface area contributed by atoms with E-state index in [-0.39, 0.29) is 11.8 Å². The lowest BCUT2D eigenvalue weighted by Crippen LogP contribution is -2.39. The summed E-state index contributed by atoms with van der Waals surface area (Å²) in [5, 5.41) is 7.30. The molecule has 2 aromatic rings. The summed E-state index contributed by atoms with van der Waals surface area (Å²) in [6.45, 7) is 5.85. The van der Waals surface area contributed by atoms with Crippen molar-refractivity contribution in [2.45, 2.75) is 33.2 Å². The molecule has 1 aromatic carbocycles. The van der Waals surface area contributed by atoms with Crippen LogP contribution < -0.4 is 10.2 Å². The third-order valence-electron chi connectivity index (χ3n) is 4.14. The van der Waals surface area contributed by atoms with Gasteiger partial charge in [0, 0.05) is 30.9 Å². The summed E-state index contributed by atoms with van der Waals surface area (Å²) in [7, 11) is 0. The van der Waals surface area contributed by atoms with Gasteiger partial charge in [0.2, 0.25) is 0 Å². The number of nitrogens with one attached hydrogen (secondary N) is 1. The van der Waals surface area contributed by atoms with Crippen molar-refractivity contribution in [1.82, 2.24) is 15.1 Å². The molecule has 0 saturated carbocycles. The van der Waals surface area contributed by atoms with Gasteiger partial charge in [0.05, 0.1) is 11.4 Å². The van der Waals surface area contributed by atoms with Crippen molar-refractivity contribution in [3.63, 3.8) is 0 Å². The van der Waals surface area contributed by atoms with Crippen LogP contribution in [0.2, 0.25) is 0 Å². The number of urea groups is 1. The Balaban J connectivity index is 1.51. The van der Waals surface area contributed by atoms with E-state index in [1.807, 2.05) is 24.6 Å². The number of carbonyl (C=O) groups is 1. The molecule has 2 amide bonds. The second kappa shape index (κ2) is 6.40. The summed E-state index contributed by atoms with van der Waals surface area (Å²) in [5.74, 6) is -0.234. The number of amides is 2. The predicted molar refractivity (Wildman–Crippen MR) is 87.2 cm³/mol. The minimum absolute atomic E-state index is 0.164. The fourth-order valence-electron chi connectivity index (χ4n) is 3.02. The van der Waals surface area contributed by atoms with Gasteiger partial charge in [0.1, 0.15) is 5.82 Å². The lowest BCUT2D eigenvalue weighted by molar-refractivity contribution is 0.246. The molecule has 0 aliphatic carbocycles. The highest BCUT2D eigenvalue weighted by atomic mass is 19.1. The van der Waals surface area contributed by atoms with E-state index in [1.165, 1.54) is 6.07 Å². The molecule has 0 bridgehead atoms. The fraction of sp³-hybridized carbons (Fsp3) is 0.412. The molecule has 1 aliphatic rings. The topological polar surface area (TPSA) is 50.2 Å². The first-order valence-corrected chi connectivity index (χ1v) is 7.90. The van der Waals surface area contributed by atoms with Crippen LogP contribution in [0.3, 0.4) is 0 Å². The Hall–Kier alpha value is -2.37. The van der Waals surface area contributed by atoms with Gasteiger partial charge in [-0.1, -0.05) is 6.07 Å². The minimum Gasteiger partial charge on any atom is -0.338 e. The van der Waals surface area contributed by atoms with E-state index in [0.29, 0.717) is 30.8 Å². The zero-order chi connectivity index (χ0) is 16.4. The summed E-state index contributed by atoms with van der Waals surface area (Å²) in [6.07, 6.45) is 1.37. The molecule has 1 aliphatic heterocycles. The second-order valence-electron chi connectivity index (χ2n) is 5.87. The van der Waals surface area contributed by atoms with Crippen molar-refractivity contribution in [3.8, 4) is 0 Å². The molecule has 0 unspecified atom stereocenters. The van der Waals surface area contributed by atoms with Gasteiger partial charge in [0.25, 0.3) is 0 Å². The van der Waals surface area contributed by atoms with Crippen LogP contribution in [0.25, 0.3) is 0 Å². The highest BCUT2D eigenvalue weighted by Crippen LogP contribution is 2.29. The molecule has 23 heavy (non-hydrogen) atoms. The zero-order valence-electron chi connectivity index (χ0n) is 13.5.